The normalized spacial score (nSPS) is 25.4. The van der Waals surface area contributed by atoms with Crippen LogP contribution in [0.15, 0.2) is 12.3 Å². The first-order valence-electron chi connectivity index (χ1n) is 8.85. The molecule has 1 amide bonds. The predicted octanol–water partition coefficient (Wildman–Crippen LogP) is 0.208. The molecule has 8 heteroatoms. The lowest BCUT2D eigenvalue weighted by molar-refractivity contribution is -0.131. The molecular formula is C17H28N6O2. The van der Waals surface area contributed by atoms with Gasteiger partial charge in [0.2, 0.25) is 11.9 Å². The summed E-state index contributed by atoms with van der Waals surface area (Å²) >= 11 is 0. The zero-order valence-corrected chi connectivity index (χ0v) is 15.1. The van der Waals surface area contributed by atoms with Crippen molar-refractivity contribution >= 4 is 17.7 Å². The van der Waals surface area contributed by atoms with E-state index in [9.17, 15) is 4.79 Å². The van der Waals surface area contributed by atoms with Crippen LogP contribution in [0, 0.1) is 0 Å². The van der Waals surface area contributed by atoms with Crippen LogP contribution in [0.1, 0.15) is 19.3 Å². The third kappa shape index (κ3) is 3.85. The molecule has 2 aliphatic heterocycles. The minimum Gasteiger partial charge on any atom is -0.384 e. The van der Waals surface area contributed by atoms with E-state index >= 15 is 0 Å². The number of ether oxygens (including phenoxy) is 1. The molecule has 0 radical (unpaired) electrons. The lowest BCUT2D eigenvalue weighted by Crippen LogP contribution is -2.61. The molecule has 25 heavy (non-hydrogen) atoms. The topological polar surface area (TPSA) is 87.8 Å². The molecule has 3 heterocycles. The minimum atomic E-state index is -0.0380. The molecule has 8 nitrogen and oxygen atoms in total. The lowest BCUT2D eigenvalue weighted by atomic mass is 9.86. The minimum absolute atomic E-state index is 0.0380. The van der Waals surface area contributed by atoms with Gasteiger partial charge in [-0.3, -0.25) is 9.69 Å². The van der Waals surface area contributed by atoms with Gasteiger partial charge in [-0.15, -0.1) is 0 Å². The molecule has 0 bridgehead atoms. The maximum Gasteiger partial charge on any atom is 0.227 e. The van der Waals surface area contributed by atoms with Crippen molar-refractivity contribution in [3.8, 4) is 0 Å². The maximum atomic E-state index is 12.4. The second-order valence-corrected chi connectivity index (χ2v) is 6.97. The highest BCUT2D eigenvalue weighted by molar-refractivity contribution is 5.76. The van der Waals surface area contributed by atoms with Crippen LogP contribution in [-0.2, 0) is 9.53 Å². The molecule has 0 saturated carbocycles. The number of likely N-dealkylation sites (N-methyl/N-ethyl adjacent to an activating group) is 1. The second kappa shape index (κ2) is 7.53. The fourth-order valence-corrected chi connectivity index (χ4v) is 3.82. The average Bonchev–Trinajstić information content (AvgIpc) is 2.76. The molecule has 138 valence electrons. The number of amides is 1. The Morgan fingerprint density at radius 1 is 1.32 bits per heavy atom. The number of nitrogen functional groups attached to an aromatic ring is 1. The zero-order valence-electron chi connectivity index (χ0n) is 15.1. The first-order valence-corrected chi connectivity index (χ1v) is 8.85. The van der Waals surface area contributed by atoms with Crippen LogP contribution in [0.2, 0.25) is 0 Å². The molecule has 1 atom stereocenters. The average molecular weight is 348 g/mol. The Hall–Kier alpha value is -1.93. The van der Waals surface area contributed by atoms with Crippen molar-refractivity contribution in [2.24, 2.45) is 0 Å². The van der Waals surface area contributed by atoms with Crippen LogP contribution in [0.3, 0.4) is 0 Å². The summed E-state index contributed by atoms with van der Waals surface area (Å²) < 4.78 is 5.14. The predicted molar refractivity (Wildman–Crippen MR) is 96.3 cm³/mol. The first-order chi connectivity index (χ1) is 12.0. The van der Waals surface area contributed by atoms with E-state index in [1.54, 1.807) is 19.4 Å². The van der Waals surface area contributed by atoms with Crippen LogP contribution >= 0.6 is 0 Å². The molecular weight excluding hydrogens is 320 g/mol. The monoisotopic (exact) mass is 348 g/mol. The standard InChI is InChI=1S/C17H28N6O2/c1-21-9-10-23(16-19-7-4-14(18)20-16)13-17(21)5-3-15(24)22(8-6-17)11-12-25-2/h4,7H,3,5-6,8-13H2,1-2H3,(H2,18,19,20). The highest BCUT2D eigenvalue weighted by Gasteiger charge is 2.42. The highest BCUT2D eigenvalue weighted by atomic mass is 16.5. The Labute approximate surface area is 148 Å². The number of carbonyl (C=O) groups is 1. The van der Waals surface area contributed by atoms with Gasteiger partial charge in [-0.25, -0.2) is 4.98 Å². The van der Waals surface area contributed by atoms with Gasteiger partial charge in [-0.1, -0.05) is 0 Å². The number of methoxy groups -OCH3 is 1. The summed E-state index contributed by atoms with van der Waals surface area (Å²) in [5.41, 5.74) is 5.78. The summed E-state index contributed by atoms with van der Waals surface area (Å²) in [6, 6.07) is 1.70. The van der Waals surface area contributed by atoms with Crippen molar-refractivity contribution in [1.29, 1.82) is 0 Å². The van der Waals surface area contributed by atoms with E-state index in [4.69, 9.17) is 10.5 Å². The number of rotatable bonds is 4. The number of carbonyl (C=O) groups excluding carboxylic acids is 1. The fourth-order valence-electron chi connectivity index (χ4n) is 3.82. The van der Waals surface area contributed by atoms with E-state index in [1.165, 1.54) is 0 Å². The van der Waals surface area contributed by atoms with Crippen LogP contribution < -0.4 is 10.6 Å². The van der Waals surface area contributed by atoms with Gasteiger partial charge >= 0.3 is 0 Å². The van der Waals surface area contributed by atoms with Crippen LogP contribution in [0.25, 0.3) is 0 Å². The van der Waals surface area contributed by atoms with Crippen molar-refractivity contribution < 1.29 is 9.53 Å². The van der Waals surface area contributed by atoms with Crippen molar-refractivity contribution in [2.75, 3.05) is 64.1 Å². The number of hydrogen-bond acceptors (Lipinski definition) is 7. The second-order valence-electron chi connectivity index (χ2n) is 6.97. The summed E-state index contributed by atoms with van der Waals surface area (Å²) in [6.07, 6.45) is 4.06. The Balaban J connectivity index is 1.75. The van der Waals surface area contributed by atoms with Crippen molar-refractivity contribution in [2.45, 2.75) is 24.8 Å². The van der Waals surface area contributed by atoms with E-state index in [-0.39, 0.29) is 11.4 Å². The Morgan fingerprint density at radius 2 is 2.16 bits per heavy atom. The van der Waals surface area contributed by atoms with Gasteiger partial charge in [0.15, 0.2) is 0 Å². The van der Waals surface area contributed by atoms with E-state index in [0.717, 1.165) is 39.0 Å². The number of anilines is 2. The Kier molecular flexibility index (Phi) is 5.39. The van der Waals surface area contributed by atoms with Gasteiger partial charge in [-0.2, -0.15) is 4.98 Å². The molecule has 0 aromatic carbocycles. The SMILES string of the molecule is COCCN1CCC2(CCC1=O)CN(c1nccc(N)n1)CCN2C. The molecule has 1 aromatic heterocycles. The maximum absolute atomic E-state index is 12.4. The number of hydrogen-bond donors (Lipinski definition) is 1. The quantitative estimate of drug-likeness (QED) is 0.832. The lowest BCUT2D eigenvalue weighted by Gasteiger charge is -2.49. The van der Waals surface area contributed by atoms with Crippen LogP contribution in [0.4, 0.5) is 11.8 Å². The Morgan fingerprint density at radius 3 is 2.92 bits per heavy atom. The van der Waals surface area contributed by atoms with Crippen molar-refractivity contribution in [1.82, 2.24) is 19.8 Å². The molecule has 3 rings (SSSR count). The van der Waals surface area contributed by atoms with E-state index in [2.05, 4.69) is 26.8 Å². The number of nitrogens with zero attached hydrogens (tertiary/aromatic N) is 5. The summed E-state index contributed by atoms with van der Waals surface area (Å²) in [5.74, 6) is 1.39. The largest absolute Gasteiger partial charge is 0.384 e. The molecule has 2 fully saturated rings. The van der Waals surface area contributed by atoms with Crippen molar-refractivity contribution in [3.05, 3.63) is 12.3 Å². The van der Waals surface area contributed by atoms with Gasteiger partial charge in [0.1, 0.15) is 5.82 Å². The smallest absolute Gasteiger partial charge is 0.227 e. The molecule has 2 saturated heterocycles. The summed E-state index contributed by atoms with van der Waals surface area (Å²) in [4.78, 5) is 27.7. The number of likely N-dealkylation sites (tertiary alicyclic amines) is 1. The third-order valence-corrected chi connectivity index (χ3v) is 5.52. The molecule has 0 aliphatic carbocycles. The molecule has 2 aliphatic rings. The van der Waals surface area contributed by atoms with Gasteiger partial charge < -0.3 is 20.3 Å². The van der Waals surface area contributed by atoms with Crippen LogP contribution in [0.5, 0.6) is 0 Å². The van der Waals surface area contributed by atoms with E-state index < -0.39 is 0 Å². The number of nitrogens with two attached hydrogens (primary N) is 1. The first kappa shape index (κ1) is 17.9. The van der Waals surface area contributed by atoms with Gasteiger partial charge in [0.05, 0.1) is 6.61 Å². The fraction of sp³-hybridized carbons (Fsp3) is 0.706. The van der Waals surface area contributed by atoms with Gasteiger partial charge in [0, 0.05) is 58.0 Å². The van der Waals surface area contributed by atoms with Gasteiger partial charge in [0.25, 0.3) is 0 Å². The Bertz CT molecular complexity index is 613. The molecule has 1 aromatic rings. The van der Waals surface area contributed by atoms with Gasteiger partial charge in [-0.05, 0) is 26.0 Å². The number of piperazine rings is 1. The highest BCUT2D eigenvalue weighted by Crippen LogP contribution is 2.33. The van der Waals surface area contributed by atoms with Crippen molar-refractivity contribution in [3.63, 3.8) is 0 Å². The van der Waals surface area contributed by atoms with Crippen LogP contribution in [-0.4, -0.2) is 84.7 Å². The summed E-state index contributed by atoms with van der Waals surface area (Å²) in [6.45, 7) is 4.61. The summed E-state index contributed by atoms with van der Waals surface area (Å²) in [7, 11) is 3.83. The molecule has 2 N–H and O–H groups in total. The van der Waals surface area contributed by atoms with E-state index in [1.807, 2.05) is 4.90 Å². The third-order valence-electron chi connectivity index (χ3n) is 5.52. The molecule has 1 unspecified atom stereocenters. The molecule has 1 spiro atoms. The van der Waals surface area contributed by atoms with E-state index in [0.29, 0.717) is 31.3 Å². The summed E-state index contributed by atoms with van der Waals surface area (Å²) in [5, 5.41) is 0. The number of aromatic nitrogens is 2. The zero-order chi connectivity index (χ0) is 17.9.